The first kappa shape index (κ1) is 24.9. The molecule has 0 fully saturated rings. The highest BCUT2D eigenvalue weighted by Crippen LogP contribution is 2.14. The predicted octanol–water partition coefficient (Wildman–Crippen LogP) is 7.43. The van der Waals surface area contributed by atoms with Crippen LogP contribution in [0.15, 0.2) is 0 Å². The second-order valence-electron chi connectivity index (χ2n) is 7.70. The van der Waals surface area contributed by atoms with Gasteiger partial charge >= 0.3 is 0 Å². The van der Waals surface area contributed by atoms with E-state index in [9.17, 15) is 0 Å². The summed E-state index contributed by atoms with van der Waals surface area (Å²) in [5, 5.41) is 8.64. The van der Waals surface area contributed by atoms with Crippen LogP contribution in [0.25, 0.3) is 0 Å². The van der Waals surface area contributed by atoms with Crippen molar-refractivity contribution in [3.63, 3.8) is 0 Å². The average molecular weight is 357 g/mol. The third-order valence-corrected chi connectivity index (χ3v) is 5.09. The lowest BCUT2D eigenvalue weighted by Crippen LogP contribution is -1.98. The molecule has 0 radical (unpaired) electrons. The summed E-state index contributed by atoms with van der Waals surface area (Å²) in [5.74, 6) is 0. The Balaban J connectivity index is 2.94. The van der Waals surface area contributed by atoms with E-state index >= 15 is 0 Å². The smallest absolute Gasteiger partial charge is 0.0487 e. The molecule has 1 N–H and O–H groups in total. The molecule has 0 unspecified atom stereocenters. The Labute approximate surface area is 159 Å². The van der Waals surface area contributed by atoms with Crippen LogP contribution < -0.4 is 0 Å². The van der Waals surface area contributed by atoms with E-state index in [4.69, 9.17) is 9.84 Å². The van der Waals surface area contributed by atoms with Gasteiger partial charge in [-0.1, -0.05) is 116 Å². The second-order valence-corrected chi connectivity index (χ2v) is 7.70. The van der Waals surface area contributed by atoms with Gasteiger partial charge in [-0.25, -0.2) is 0 Å². The molecule has 25 heavy (non-hydrogen) atoms. The van der Waals surface area contributed by atoms with E-state index < -0.39 is 0 Å². The average Bonchev–Trinajstić information content (AvgIpc) is 2.63. The van der Waals surface area contributed by atoms with Crippen LogP contribution in [-0.2, 0) is 4.74 Å². The zero-order valence-electron chi connectivity index (χ0n) is 17.4. The topological polar surface area (TPSA) is 29.5 Å². The van der Waals surface area contributed by atoms with Crippen molar-refractivity contribution in [2.24, 2.45) is 0 Å². The molecule has 0 saturated carbocycles. The van der Waals surface area contributed by atoms with E-state index in [0.29, 0.717) is 0 Å². The fraction of sp³-hybridized carbons (Fsp3) is 1.00. The van der Waals surface area contributed by atoms with E-state index in [1.807, 2.05) is 0 Å². The van der Waals surface area contributed by atoms with E-state index in [-0.39, 0.29) is 6.61 Å². The lowest BCUT2D eigenvalue weighted by Gasteiger charge is -2.04. The summed E-state index contributed by atoms with van der Waals surface area (Å²) < 4.78 is 5.44. The van der Waals surface area contributed by atoms with Crippen LogP contribution in [0.4, 0.5) is 0 Å². The predicted molar refractivity (Wildman–Crippen MR) is 111 cm³/mol. The van der Waals surface area contributed by atoms with Crippen molar-refractivity contribution in [2.45, 2.75) is 129 Å². The van der Waals surface area contributed by atoms with Gasteiger partial charge in [-0.3, -0.25) is 0 Å². The molecule has 0 amide bonds. The minimum Gasteiger partial charge on any atom is -0.396 e. The summed E-state index contributed by atoms with van der Waals surface area (Å²) in [6.45, 7) is 4.13. The van der Waals surface area contributed by atoms with Gasteiger partial charge in [0.1, 0.15) is 0 Å². The number of rotatable bonds is 22. The molecule has 0 atom stereocenters. The third kappa shape index (κ3) is 23.9. The van der Waals surface area contributed by atoms with Gasteiger partial charge in [0.15, 0.2) is 0 Å². The first-order chi connectivity index (χ1) is 12.4. The van der Waals surface area contributed by atoms with Crippen molar-refractivity contribution in [3.05, 3.63) is 0 Å². The molecule has 2 nitrogen and oxygen atoms in total. The van der Waals surface area contributed by atoms with Crippen molar-refractivity contribution < 1.29 is 9.84 Å². The number of ether oxygens (including phenoxy) is 1. The largest absolute Gasteiger partial charge is 0.396 e. The lowest BCUT2D eigenvalue weighted by atomic mass is 10.0. The van der Waals surface area contributed by atoms with Crippen LogP contribution in [0.3, 0.4) is 0 Å². The minimum absolute atomic E-state index is 0.249. The van der Waals surface area contributed by atoms with E-state index in [1.54, 1.807) is 0 Å². The quantitative estimate of drug-likeness (QED) is 0.204. The summed E-state index contributed by atoms with van der Waals surface area (Å²) in [5.41, 5.74) is 0. The Morgan fingerprint density at radius 1 is 0.440 bits per heavy atom. The SMILES string of the molecule is CCCCCCCCCCCCCCCCCCCCOCCCO. The Hall–Kier alpha value is -0.0800. The van der Waals surface area contributed by atoms with Gasteiger partial charge in [-0.05, 0) is 12.8 Å². The van der Waals surface area contributed by atoms with Crippen molar-refractivity contribution in [1.82, 2.24) is 0 Å². The monoisotopic (exact) mass is 356 g/mol. The summed E-state index contributed by atoms with van der Waals surface area (Å²) in [6, 6.07) is 0. The summed E-state index contributed by atoms with van der Waals surface area (Å²) in [6.07, 6.45) is 26.3. The highest BCUT2D eigenvalue weighted by atomic mass is 16.5. The second kappa shape index (κ2) is 23.9. The number of hydrogen-bond donors (Lipinski definition) is 1. The maximum atomic E-state index is 8.64. The van der Waals surface area contributed by atoms with Gasteiger partial charge < -0.3 is 9.84 Å². The Kier molecular flexibility index (Phi) is 23.8. The van der Waals surface area contributed by atoms with Gasteiger partial charge in [-0.15, -0.1) is 0 Å². The molecule has 0 saturated heterocycles. The summed E-state index contributed by atoms with van der Waals surface area (Å²) in [4.78, 5) is 0. The molecular formula is C23H48O2. The maximum absolute atomic E-state index is 8.64. The molecule has 0 aromatic carbocycles. The molecule has 0 spiro atoms. The maximum Gasteiger partial charge on any atom is 0.0487 e. The molecule has 0 aliphatic carbocycles. The summed E-state index contributed by atoms with van der Waals surface area (Å²) in [7, 11) is 0. The van der Waals surface area contributed by atoms with Gasteiger partial charge in [0, 0.05) is 19.8 Å². The number of unbranched alkanes of at least 4 members (excludes halogenated alkanes) is 17. The van der Waals surface area contributed by atoms with Crippen molar-refractivity contribution in [2.75, 3.05) is 19.8 Å². The molecular weight excluding hydrogens is 308 g/mol. The zero-order chi connectivity index (χ0) is 18.3. The van der Waals surface area contributed by atoms with Gasteiger partial charge in [-0.2, -0.15) is 0 Å². The standard InChI is InChI=1S/C23H48O2/c1-2-3-4-5-6-7-8-9-10-11-12-13-14-15-16-17-18-19-22-25-23-20-21-24/h24H,2-23H2,1H3. The Morgan fingerprint density at radius 3 is 1.12 bits per heavy atom. The van der Waals surface area contributed by atoms with Crippen molar-refractivity contribution in [3.8, 4) is 0 Å². The zero-order valence-corrected chi connectivity index (χ0v) is 17.4. The first-order valence-corrected chi connectivity index (χ1v) is 11.6. The van der Waals surface area contributed by atoms with E-state index in [1.165, 1.54) is 116 Å². The molecule has 152 valence electrons. The van der Waals surface area contributed by atoms with Crippen molar-refractivity contribution >= 4 is 0 Å². The number of aliphatic hydroxyl groups excluding tert-OH is 1. The fourth-order valence-corrected chi connectivity index (χ4v) is 3.37. The van der Waals surface area contributed by atoms with Crippen LogP contribution in [0.5, 0.6) is 0 Å². The molecule has 0 heterocycles. The fourth-order valence-electron chi connectivity index (χ4n) is 3.37. The molecule has 0 bridgehead atoms. The van der Waals surface area contributed by atoms with Gasteiger partial charge in [0.25, 0.3) is 0 Å². The Morgan fingerprint density at radius 2 is 0.760 bits per heavy atom. The molecule has 0 aromatic rings. The Bertz CT molecular complexity index is 196. The van der Waals surface area contributed by atoms with Crippen LogP contribution >= 0.6 is 0 Å². The molecule has 0 aliphatic heterocycles. The van der Waals surface area contributed by atoms with Crippen LogP contribution in [0, 0.1) is 0 Å². The highest BCUT2D eigenvalue weighted by Gasteiger charge is 1.95. The van der Waals surface area contributed by atoms with Crippen LogP contribution in [-0.4, -0.2) is 24.9 Å². The lowest BCUT2D eigenvalue weighted by molar-refractivity contribution is 0.112. The van der Waals surface area contributed by atoms with E-state index in [2.05, 4.69) is 6.92 Å². The normalized spacial score (nSPS) is 11.3. The van der Waals surface area contributed by atoms with Gasteiger partial charge in [0.2, 0.25) is 0 Å². The van der Waals surface area contributed by atoms with Crippen LogP contribution in [0.2, 0.25) is 0 Å². The molecule has 0 aliphatic rings. The molecule has 0 aromatic heterocycles. The third-order valence-electron chi connectivity index (χ3n) is 5.09. The molecule has 0 rings (SSSR count). The first-order valence-electron chi connectivity index (χ1n) is 11.6. The molecule has 2 heteroatoms. The van der Waals surface area contributed by atoms with Crippen LogP contribution in [0.1, 0.15) is 129 Å². The summed E-state index contributed by atoms with van der Waals surface area (Å²) >= 11 is 0. The van der Waals surface area contributed by atoms with Crippen molar-refractivity contribution in [1.29, 1.82) is 0 Å². The van der Waals surface area contributed by atoms with E-state index in [0.717, 1.165) is 19.6 Å². The van der Waals surface area contributed by atoms with Gasteiger partial charge in [0.05, 0.1) is 0 Å². The number of hydrogen-bond acceptors (Lipinski definition) is 2. The highest BCUT2D eigenvalue weighted by molar-refractivity contribution is 4.50. The minimum atomic E-state index is 0.249. The number of aliphatic hydroxyl groups is 1.